The van der Waals surface area contributed by atoms with Crippen LogP contribution in [0.15, 0.2) is 23.2 Å². The maximum absolute atomic E-state index is 5.34. The second-order valence-corrected chi connectivity index (χ2v) is 4.83. The Kier molecular flexibility index (Phi) is 11.1. The molecule has 0 radical (unpaired) electrons. The fourth-order valence-corrected chi connectivity index (χ4v) is 1.95. The van der Waals surface area contributed by atoms with E-state index < -0.39 is 0 Å². The van der Waals surface area contributed by atoms with Crippen molar-refractivity contribution in [2.24, 2.45) is 4.99 Å². The Labute approximate surface area is 145 Å². The number of rotatable bonds is 7. The van der Waals surface area contributed by atoms with E-state index in [-0.39, 0.29) is 24.0 Å². The van der Waals surface area contributed by atoms with Gasteiger partial charge in [-0.25, -0.2) is 0 Å². The fourth-order valence-electron chi connectivity index (χ4n) is 1.95. The minimum atomic E-state index is 0. The number of unbranched alkanes of at least 4 members (excludes halogenated alkanes) is 1. The van der Waals surface area contributed by atoms with Crippen molar-refractivity contribution in [2.45, 2.75) is 33.1 Å². The van der Waals surface area contributed by atoms with Gasteiger partial charge in [0.05, 0.1) is 7.11 Å². The number of halogens is 1. The number of aliphatic imine (C=N–C) groups is 1. The lowest BCUT2D eigenvalue weighted by atomic mass is 10.1. The lowest BCUT2D eigenvalue weighted by Gasteiger charge is -2.12. The summed E-state index contributed by atoms with van der Waals surface area (Å²) >= 11 is 0. The molecule has 0 amide bonds. The quantitative estimate of drug-likeness (QED) is 0.317. The highest BCUT2D eigenvalue weighted by atomic mass is 127. The summed E-state index contributed by atoms with van der Waals surface area (Å²) in [5.41, 5.74) is 2.44. The molecule has 120 valence electrons. The normalized spacial score (nSPS) is 10.8. The number of nitrogens with one attached hydrogen (secondary N) is 2. The molecule has 0 atom stereocenters. The van der Waals surface area contributed by atoms with E-state index >= 15 is 0 Å². The molecule has 0 saturated heterocycles. The first-order valence-electron chi connectivity index (χ1n) is 7.29. The van der Waals surface area contributed by atoms with Crippen LogP contribution in [0.25, 0.3) is 0 Å². The number of methoxy groups -OCH3 is 1. The van der Waals surface area contributed by atoms with Crippen LogP contribution in [0.4, 0.5) is 0 Å². The van der Waals surface area contributed by atoms with E-state index in [2.05, 4.69) is 47.7 Å². The Morgan fingerprint density at radius 2 is 1.95 bits per heavy atom. The van der Waals surface area contributed by atoms with Crippen molar-refractivity contribution in [3.63, 3.8) is 0 Å². The predicted molar refractivity (Wildman–Crippen MR) is 101 cm³/mol. The lowest BCUT2D eigenvalue weighted by molar-refractivity contribution is 0.411. The van der Waals surface area contributed by atoms with Gasteiger partial charge >= 0.3 is 0 Å². The van der Waals surface area contributed by atoms with Gasteiger partial charge in [-0.3, -0.25) is 4.99 Å². The highest BCUT2D eigenvalue weighted by molar-refractivity contribution is 14.0. The van der Waals surface area contributed by atoms with Gasteiger partial charge in [-0.2, -0.15) is 0 Å². The summed E-state index contributed by atoms with van der Waals surface area (Å²) in [5, 5.41) is 6.63. The largest absolute Gasteiger partial charge is 0.496 e. The Bertz CT molecular complexity index is 436. The predicted octanol–water partition coefficient (Wildman–Crippen LogP) is 3.13. The number of ether oxygens (including phenoxy) is 1. The van der Waals surface area contributed by atoms with E-state index in [1.807, 2.05) is 0 Å². The van der Waals surface area contributed by atoms with Crippen LogP contribution < -0.4 is 15.4 Å². The Morgan fingerprint density at radius 1 is 1.24 bits per heavy atom. The molecule has 0 heterocycles. The molecule has 0 aliphatic heterocycles. The van der Waals surface area contributed by atoms with Crippen LogP contribution >= 0.6 is 24.0 Å². The summed E-state index contributed by atoms with van der Waals surface area (Å²) in [7, 11) is 3.51. The van der Waals surface area contributed by atoms with E-state index in [1.165, 1.54) is 17.5 Å². The summed E-state index contributed by atoms with van der Waals surface area (Å²) in [6.45, 7) is 6.07. The molecule has 1 aromatic rings. The van der Waals surface area contributed by atoms with Crippen LogP contribution in [0.3, 0.4) is 0 Å². The van der Waals surface area contributed by atoms with Crippen molar-refractivity contribution in [3.8, 4) is 5.75 Å². The molecule has 2 N–H and O–H groups in total. The van der Waals surface area contributed by atoms with Crippen LogP contribution in [0.1, 0.15) is 30.9 Å². The fraction of sp³-hybridized carbons (Fsp3) is 0.562. The SMILES string of the molecule is CCCCNC(=NC)NCCc1ccc(C)c(OC)c1.I. The van der Waals surface area contributed by atoms with Crippen LogP contribution in [-0.4, -0.2) is 33.2 Å². The summed E-state index contributed by atoms with van der Waals surface area (Å²) in [5.74, 6) is 1.82. The van der Waals surface area contributed by atoms with Crippen molar-refractivity contribution >= 4 is 29.9 Å². The molecule has 4 nitrogen and oxygen atoms in total. The molecule has 1 aromatic carbocycles. The van der Waals surface area contributed by atoms with E-state index in [0.717, 1.165) is 37.6 Å². The molecule has 0 aromatic heterocycles. The van der Waals surface area contributed by atoms with Gasteiger partial charge in [0, 0.05) is 20.1 Å². The van der Waals surface area contributed by atoms with Gasteiger partial charge < -0.3 is 15.4 Å². The summed E-state index contributed by atoms with van der Waals surface area (Å²) in [6.07, 6.45) is 3.30. The molecule has 0 bridgehead atoms. The molecule has 21 heavy (non-hydrogen) atoms. The molecule has 0 aliphatic rings. The highest BCUT2D eigenvalue weighted by Crippen LogP contribution is 2.18. The van der Waals surface area contributed by atoms with E-state index in [4.69, 9.17) is 4.74 Å². The van der Waals surface area contributed by atoms with Crippen molar-refractivity contribution in [1.82, 2.24) is 10.6 Å². The van der Waals surface area contributed by atoms with Gasteiger partial charge in [-0.1, -0.05) is 25.5 Å². The molecule has 5 heteroatoms. The van der Waals surface area contributed by atoms with Crippen molar-refractivity contribution in [2.75, 3.05) is 27.2 Å². The van der Waals surface area contributed by atoms with Crippen molar-refractivity contribution in [3.05, 3.63) is 29.3 Å². The Morgan fingerprint density at radius 3 is 2.57 bits per heavy atom. The maximum atomic E-state index is 5.34. The zero-order valence-electron chi connectivity index (χ0n) is 13.5. The molecule has 0 fully saturated rings. The van der Waals surface area contributed by atoms with E-state index in [1.54, 1.807) is 14.2 Å². The first-order chi connectivity index (χ1) is 9.71. The second kappa shape index (κ2) is 11.7. The molecular formula is C16H28IN3O. The van der Waals surface area contributed by atoms with Gasteiger partial charge in [0.1, 0.15) is 5.75 Å². The van der Waals surface area contributed by atoms with Gasteiger partial charge in [0.2, 0.25) is 0 Å². The van der Waals surface area contributed by atoms with E-state index in [9.17, 15) is 0 Å². The first kappa shape index (κ1) is 20.0. The molecule has 0 spiro atoms. The Hall–Kier alpha value is -0.980. The van der Waals surface area contributed by atoms with Crippen LogP contribution in [0, 0.1) is 6.92 Å². The minimum Gasteiger partial charge on any atom is -0.496 e. The smallest absolute Gasteiger partial charge is 0.190 e. The van der Waals surface area contributed by atoms with Gasteiger partial charge in [0.15, 0.2) is 5.96 Å². The average Bonchev–Trinajstić information content (AvgIpc) is 2.47. The summed E-state index contributed by atoms with van der Waals surface area (Å²) in [4.78, 5) is 4.21. The minimum absolute atomic E-state index is 0. The van der Waals surface area contributed by atoms with Gasteiger partial charge in [-0.15, -0.1) is 24.0 Å². The lowest BCUT2D eigenvalue weighted by Crippen LogP contribution is -2.38. The Balaban J connectivity index is 0.00000400. The third-order valence-electron chi connectivity index (χ3n) is 3.22. The number of guanidine groups is 1. The van der Waals surface area contributed by atoms with Crippen LogP contribution in [0.5, 0.6) is 5.75 Å². The molecule has 0 unspecified atom stereocenters. The number of nitrogens with zero attached hydrogens (tertiary/aromatic N) is 1. The topological polar surface area (TPSA) is 45.7 Å². The summed E-state index contributed by atoms with van der Waals surface area (Å²) < 4.78 is 5.34. The zero-order chi connectivity index (χ0) is 14.8. The molecular weight excluding hydrogens is 377 g/mol. The standard InChI is InChI=1S/C16H27N3O.HI/c1-5-6-10-18-16(17-3)19-11-9-14-8-7-13(2)15(12-14)20-4;/h7-8,12H,5-6,9-11H2,1-4H3,(H2,17,18,19);1H. The maximum Gasteiger partial charge on any atom is 0.190 e. The molecule has 0 saturated carbocycles. The van der Waals surface area contributed by atoms with Gasteiger partial charge in [0.25, 0.3) is 0 Å². The van der Waals surface area contributed by atoms with Crippen molar-refractivity contribution in [1.29, 1.82) is 0 Å². The number of hydrogen-bond donors (Lipinski definition) is 2. The number of aryl methyl sites for hydroxylation is 1. The molecule has 1 rings (SSSR count). The second-order valence-electron chi connectivity index (χ2n) is 4.83. The average molecular weight is 405 g/mol. The highest BCUT2D eigenvalue weighted by Gasteiger charge is 2.01. The van der Waals surface area contributed by atoms with Gasteiger partial charge in [-0.05, 0) is 37.0 Å². The first-order valence-corrected chi connectivity index (χ1v) is 7.29. The molecule has 0 aliphatic carbocycles. The number of benzene rings is 1. The third-order valence-corrected chi connectivity index (χ3v) is 3.22. The third kappa shape index (κ3) is 7.55. The zero-order valence-corrected chi connectivity index (χ0v) is 15.9. The number of hydrogen-bond acceptors (Lipinski definition) is 2. The van der Waals surface area contributed by atoms with Crippen molar-refractivity contribution < 1.29 is 4.74 Å². The van der Waals surface area contributed by atoms with Crippen LogP contribution in [-0.2, 0) is 6.42 Å². The van der Waals surface area contributed by atoms with Crippen LogP contribution in [0.2, 0.25) is 0 Å². The van der Waals surface area contributed by atoms with E-state index in [0.29, 0.717) is 0 Å². The summed E-state index contributed by atoms with van der Waals surface area (Å²) in [6, 6.07) is 6.35. The monoisotopic (exact) mass is 405 g/mol.